The van der Waals surface area contributed by atoms with Crippen molar-refractivity contribution in [3.05, 3.63) is 18.2 Å². The molecular formula is C6H9N3O2. The van der Waals surface area contributed by atoms with E-state index < -0.39 is 5.91 Å². The van der Waals surface area contributed by atoms with E-state index in [4.69, 9.17) is 10.8 Å². The zero-order chi connectivity index (χ0) is 8.27. The summed E-state index contributed by atoms with van der Waals surface area (Å²) in [6.07, 6.45) is 2.94. The van der Waals surface area contributed by atoms with Crippen LogP contribution >= 0.6 is 0 Å². The molecule has 60 valence electrons. The Morgan fingerprint density at radius 1 is 1.82 bits per heavy atom. The molecule has 0 saturated carbocycles. The molecule has 0 aliphatic carbocycles. The number of primary amides is 1. The quantitative estimate of drug-likeness (QED) is 0.579. The van der Waals surface area contributed by atoms with Crippen molar-refractivity contribution in [1.29, 1.82) is 0 Å². The van der Waals surface area contributed by atoms with Gasteiger partial charge >= 0.3 is 0 Å². The van der Waals surface area contributed by atoms with Gasteiger partial charge in [0.25, 0.3) is 0 Å². The molecule has 0 unspecified atom stereocenters. The molecule has 1 aromatic rings. The smallest absolute Gasteiger partial charge is 0.237 e. The molecule has 5 heteroatoms. The molecule has 0 spiro atoms. The van der Waals surface area contributed by atoms with E-state index in [-0.39, 0.29) is 13.2 Å². The highest BCUT2D eigenvalue weighted by molar-refractivity contribution is 5.73. The van der Waals surface area contributed by atoms with E-state index >= 15 is 0 Å². The maximum atomic E-state index is 10.4. The maximum Gasteiger partial charge on any atom is 0.237 e. The molecular weight excluding hydrogens is 146 g/mol. The van der Waals surface area contributed by atoms with Crippen LogP contribution in [0.25, 0.3) is 0 Å². The lowest BCUT2D eigenvalue weighted by Gasteiger charge is -2.00. The van der Waals surface area contributed by atoms with Crippen LogP contribution in [-0.4, -0.2) is 20.6 Å². The number of aromatic nitrogens is 2. The van der Waals surface area contributed by atoms with Crippen molar-refractivity contribution in [3.8, 4) is 0 Å². The highest BCUT2D eigenvalue weighted by Gasteiger charge is 2.01. The average Bonchev–Trinajstić information content (AvgIpc) is 2.34. The molecule has 1 amide bonds. The van der Waals surface area contributed by atoms with E-state index in [1.165, 1.54) is 17.1 Å². The fourth-order valence-corrected chi connectivity index (χ4v) is 0.790. The van der Waals surface area contributed by atoms with E-state index in [9.17, 15) is 4.79 Å². The second kappa shape index (κ2) is 3.16. The molecule has 1 rings (SSSR count). The number of nitrogens with zero attached hydrogens (tertiary/aromatic N) is 2. The summed E-state index contributed by atoms with van der Waals surface area (Å²) in [5.41, 5.74) is 5.52. The lowest BCUT2D eigenvalue weighted by Crippen LogP contribution is -2.19. The summed E-state index contributed by atoms with van der Waals surface area (Å²) in [6.45, 7) is -0.0663. The monoisotopic (exact) mass is 155 g/mol. The first-order valence-corrected chi connectivity index (χ1v) is 3.12. The minimum absolute atomic E-state index is 0.0654. The predicted octanol–water partition coefficient (Wildman–Crippen LogP) is -1.14. The van der Waals surface area contributed by atoms with E-state index in [1.807, 2.05) is 0 Å². The van der Waals surface area contributed by atoms with E-state index in [0.29, 0.717) is 5.69 Å². The Hall–Kier alpha value is -1.36. The van der Waals surface area contributed by atoms with E-state index in [0.717, 1.165) is 0 Å². The van der Waals surface area contributed by atoms with Gasteiger partial charge in [0, 0.05) is 0 Å². The Balaban J connectivity index is 2.76. The van der Waals surface area contributed by atoms with Crippen LogP contribution in [0.3, 0.4) is 0 Å². The Morgan fingerprint density at radius 3 is 3.09 bits per heavy atom. The molecule has 0 fully saturated rings. The van der Waals surface area contributed by atoms with Crippen LogP contribution < -0.4 is 5.73 Å². The Labute approximate surface area is 63.5 Å². The van der Waals surface area contributed by atoms with Gasteiger partial charge in [-0.2, -0.15) is 0 Å². The first-order valence-electron chi connectivity index (χ1n) is 3.12. The van der Waals surface area contributed by atoms with Gasteiger partial charge in [-0.3, -0.25) is 4.79 Å². The topological polar surface area (TPSA) is 81.1 Å². The molecule has 11 heavy (non-hydrogen) atoms. The molecule has 0 aromatic carbocycles. The molecule has 5 nitrogen and oxygen atoms in total. The average molecular weight is 155 g/mol. The highest BCUT2D eigenvalue weighted by atomic mass is 16.3. The fraction of sp³-hybridized carbons (Fsp3) is 0.333. The van der Waals surface area contributed by atoms with Gasteiger partial charge < -0.3 is 15.4 Å². The van der Waals surface area contributed by atoms with Crippen molar-refractivity contribution in [2.75, 3.05) is 0 Å². The predicted molar refractivity (Wildman–Crippen MR) is 37.3 cm³/mol. The fourth-order valence-electron chi connectivity index (χ4n) is 0.790. The summed E-state index contributed by atoms with van der Waals surface area (Å²) in [7, 11) is 0. The molecule has 1 heterocycles. The lowest BCUT2D eigenvalue weighted by molar-refractivity contribution is -0.118. The number of aliphatic hydroxyl groups is 1. The summed E-state index contributed by atoms with van der Waals surface area (Å²) in [5.74, 6) is -0.447. The SMILES string of the molecule is NC(=O)Cn1cncc1CO. The van der Waals surface area contributed by atoms with Crippen molar-refractivity contribution < 1.29 is 9.90 Å². The third-order valence-electron chi connectivity index (χ3n) is 1.29. The molecule has 0 saturated heterocycles. The van der Waals surface area contributed by atoms with Crippen LogP contribution in [-0.2, 0) is 17.9 Å². The molecule has 0 aliphatic rings. The number of carbonyl (C=O) groups excluding carboxylic acids is 1. The lowest BCUT2D eigenvalue weighted by atomic mass is 10.5. The van der Waals surface area contributed by atoms with Gasteiger partial charge in [-0.25, -0.2) is 4.98 Å². The molecule has 1 aromatic heterocycles. The molecule has 0 aliphatic heterocycles. The number of rotatable bonds is 3. The molecule has 0 bridgehead atoms. The number of hydrogen-bond donors (Lipinski definition) is 2. The number of imidazole rings is 1. The summed E-state index contributed by atoms with van der Waals surface area (Å²) >= 11 is 0. The minimum Gasteiger partial charge on any atom is -0.390 e. The summed E-state index contributed by atoms with van der Waals surface area (Å²) in [4.78, 5) is 14.2. The number of carbonyl (C=O) groups is 1. The van der Waals surface area contributed by atoms with Gasteiger partial charge in [0.15, 0.2) is 0 Å². The third kappa shape index (κ3) is 1.78. The highest BCUT2D eigenvalue weighted by Crippen LogP contribution is 1.97. The van der Waals surface area contributed by atoms with Gasteiger partial charge in [-0.05, 0) is 0 Å². The third-order valence-corrected chi connectivity index (χ3v) is 1.29. The van der Waals surface area contributed by atoms with Gasteiger partial charge in [0.05, 0.1) is 24.8 Å². The Bertz CT molecular complexity index is 256. The van der Waals surface area contributed by atoms with Gasteiger partial charge in [0.1, 0.15) is 6.54 Å². The van der Waals surface area contributed by atoms with Crippen LogP contribution in [0.2, 0.25) is 0 Å². The van der Waals surface area contributed by atoms with Crippen LogP contribution in [0.4, 0.5) is 0 Å². The zero-order valence-electron chi connectivity index (χ0n) is 5.90. The van der Waals surface area contributed by atoms with Crippen LogP contribution in [0, 0.1) is 0 Å². The van der Waals surface area contributed by atoms with Gasteiger partial charge in [-0.1, -0.05) is 0 Å². The Kier molecular flexibility index (Phi) is 2.22. The van der Waals surface area contributed by atoms with E-state index in [2.05, 4.69) is 4.98 Å². The summed E-state index contributed by atoms with van der Waals surface area (Å²) in [6, 6.07) is 0. The number of nitrogens with two attached hydrogens (primary N) is 1. The molecule has 3 N–H and O–H groups in total. The van der Waals surface area contributed by atoms with Crippen LogP contribution in [0.15, 0.2) is 12.5 Å². The summed E-state index contributed by atoms with van der Waals surface area (Å²) < 4.78 is 1.50. The maximum absolute atomic E-state index is 10.4. The first-order chi connectivity index (χ1) is 5.24. The molecule has 0 atom stereocenters. The number of aliphatic hydroxyl groups excluding tert-OH is 1. The van der Waals surface area contributed by atoms with Crippen molar-refractivity contribution >= 4 is 5.91 Å². The zero-order valence-corrected chi connectivity index (χ0v) is 5.90. The van der Waals surface area contributed by atoms with Crippen molar-refractivity contribution in [3.63, 3.8) is 0 Å². The number of amides is 1. The normalized spacial score (nSPS) is 9.91. The second-order valence-electron chi connectivity index (χ2n) is 2.14. The second-order valence-corrected chi connectivity index (χ2v) is 2.14. The van der Waals surface area contributed by atoms with E-state index in [1.54, 1.807) is 0 Å². The van der Waals surface area contributed by atoms with Crippen LogP contribution in [0.5, 0.6) is 0 Å². The summed E-state index contributed by atoms with van der Waals surface area (Å²) in [5, 5.41) is 8.71. The minimum atomic E-state index is -0.447. The van der Waals surface area contributed by atoms with Crippen molar-refractivity contribution in [2.45, 2.75) is 13.2 Å². The molecule has 0 radical (unpaired) electrons. The number of hydrogen-bond acceptors (Lipinski definition) is 3. The van der Waals surface area contributed by atoms with Gasteiger partial charge in [-0.15, -0.1) is 0 Å². The van der Waals surface area contributed by atoms with Crippen molar-refractivity contribution in [2.24, 2.45) is 5.73 Å². The Morgan fingerprint density at radius 2 is 2.55 bits per heavy atom. The van der Waals surface area contributed by atoms with Gasteiger partial charge in [0.2, 0.25) is 5.91 Å². The van der Waals surface area contributed by atoms with Crippen molar-refractivity contribution in [1.82, 2.24) is 9.55 Å². The van der Waals surface area contributed by atoms with Crippen LogP contribution in [0.1, 0.15) is 5.69 Å². The standard InChI is InChI=1S/C6H9N3O2/c7-6(11)2-9-4-8-1-5(9)3-10/h1,4,10H,2-3H2,(H2,7,11). The first kappa shape index (κ1) is 7.74. The largest absolute Gasteiger partial charge is 0.390 e.